The van der Waals surface area contributed by atoms with Crippen LogP contribution in [0.4, 0.5) is 4.39 Å². The maximum absolute atomic E-state index is 14.1. The van der Waals surface area contributed by atoms with Crippen LogP contribution in [0.3, 0.4) is 0 Å². The van der Waals surface area contributed by atoms with Crippen molar-refractivity contribution in [2.75, 3.05) is 0 Å². The first-order valence-corrected chi connectivity index (χ1v) is 7.72. The lowest BCUT2D eigenvalue weighted by atomic mass is 10.1. The van der Waals surface area contributed by atoms with Gasteiger partial charge in [0, 0.05) is 24.8 Å². The van der Waals surface area contributed by atoms with Crippen molar-refractivity contribution < 1.29 is 4.39 Å². The number of nitrogens with one attached hydrogen (secondary N) is 1. The molecule has 18 heavy (non-hydrogen) atoms. The highest BCUT2D eigenvalue weighted by Crippen LogP contribution is 2.35. The molecule has 2 aromatic rings. The molecule has 0 bridgehead atoms. The molecule has 0 aliphatic rings. The van der Waals surface area contributed by atoms with Gasteiger partial charge in [-0.1, -0.05) is 17.7 Å². The normalized spacial score (nSPS) is 12.7. The van der Waals surface area contributed by atoms with Crippen molar-refractivity contribution in [3.05, 3.63) is 53.8 Å². The second kappa shape index (κ2) is 5.98. The maximum Gasteiger partial charge on any atom is 0.148 e. The standard InChI is InChI=1S/C11H8Br2ClFN2S/c12-5-3-8(18-4-5)11(17-16)6-1-2-7(13)9(14)10(6)15/h1-4,11,17H,16H2. The zero-order valence-electron chi connectivity index (χ0n) is 8.88. The van der Waals surface area contributed by atoms with Gasteiger partial charge in [-0.25, -0.2) is 9.82 Å². The monoisotopic (exact) mass is 412 g/mol. The van der Waals surface area contributed by atoms with Crippen LogP contribution in [0.25, 0.3) is 0 Å². The van der Waals surface area contributed by atoms with Crippen LogP contribution in [0.1, 0.15) is 16.5 Å². The van der Waals surface area contributed by atoms with Crippen molar-refractivity contribution in [2.45, 2.75) is 6.04 Å². The average molecular weight is 415 g/mol. The highest BCUT2D eigenvalue weighted by atomic mass is 79.9. The zero-order valence-corrected chi connectivity index (χ0v) is 13.6. The number of hydrogen-bond acceptors (Lipinski definition) is 3. The number of thiophene rings is 1. The zero-order chi connectivity index (χ0) is 13.3. The molecule has 0 fully saturated rings. The first-order chi connectivity index (χ1) is 8.54. The quantitative estimate of drug-likeness (QED) is 0.437. The molecular weight excluding hydrogens is 406 g/mol. The van der Waals surface area contributed by atoms with E-state index >= 15 is 0 Å². The van der Waals surface area contributed by atoms with Gasteiger partial charge in [0.25, 0.3) is 0 Å². The number of nitrogens with two attached hydrogens (primary N) is 1. The fraction of sp³-hybridized carbons (Fsp3) is 0.0909. The van der Waals surface area contributed by atoms with E-state index in [0.29, 0.717) is 10.0 Å². The first-order valence-electron chi connectivity index (χ1n) is 4.88. The van der Waals surface area contributed by atoms with Crippen LogP contribution in [-0.4, -0.2) is 0 Å². The predicted molar refractivity (Wildman–Crippen MR) is 80.3 cm³/mol. The highest BCUT2D eigenvalue weighted by Gasteiger charge is 2.21. The third kappa shape index (κ3) is 2.79. The van der Waals surface area contributed by atoms with Crippen molar-refractivity contribution in [3.8, 4) is 0 Å². The van der Waals surface area contributed by atoms with Gasteiger partial charge in [0.15, 0.2) is 0 Å². The lowest BCUT2D eigenvalue weighted by Crippen LogP contribution is -2.29. The smallest absolute Gasteiger partial charge is 0.148 e. The summed E-state index contributed by atoms with van der Waals surface area (Å²) >= 11 is 13.9. The van der Waals surface area contributed by atoms with E-state index in [2.05, 4.69) is 37.3 Å². The Kier molecular flexibility index (Phi) is 4.80. The molecular formula is C11H8Br2ClFN2S. The van der Waals surface area contributed by atoms with Gasteiger partial charge in [0.05, 0.1) is 11.1 Å². The fourth-order valence-electron chi connectivity index (χ4n) is 1.57. The molecule has 7 heteroatoms. The Hall–Kier alpha value is 0.0200. The summed E-state index contributed by atoms with van der Waals surface area (Å²) in [5, 5.41) is 1.97. The number of rotatable bonds is 3. The van der Waals surface area contributed by atoms with E-state index in [1.54, 1.807) is 12.1 Å². The largest absolute Gasteiger partial charge is 0.271 e. The summed E-state index contributed by atoms with van der Waals surface area (Å²) in [7, 11) is 0. The van der Waals surface area contributed by atoms with Gasteiger partial charge in [-0.3, -0.25) is 5.84 Å². The lowest BCUT2D eigenvalue weighted by Gasteiger charge is -2.16. The molecule has 0 spiro atoms. The molecule has 0 radical (unpaired) electrons. The van der Waals surface area contributed by atoms with Crippen LogP contribution in [0.2, 0.25) is 5.02 Å². The van der Waals surface area contributed by atoms with Crippen molar-refractivity contribution in [3.63, 3.8) is 0 Å². The molecule has 0 saturated heterocycles. The molecule has 0 aliphatic heterocycles. The summed E-state index contributed by atoms with van der Waals surface area (Å²) in [6, 6.07) is 4.83. The van der Waals surface area contributed by atoms with E-state index in [4.69, 9.17) is 17.4 Å². The van der Waals surface area contributed by atoms with E-state index in [0.717, 1.165) is 9.35 Å². The van der Waals surface area contributed by atoms with Gasteiger partial charge in [0.1, 0.15) is 5.82 Å². The van der Waals surface area contributed by atoms with E-state index in [9.17, 15) is 4.39 Å². The Labute approximate surface area is 130 Å². The molecule has 2 rings (SSSR count). The third-order valence-corrected chi connectivity index (χ3v) is 5.43. The maximum atomic E-state index is 14.1. The minimum atomic E-state index is -0.474. The highest BCUT2D eigenvalue weighted by molar-refractivity contribution is 9.10. The molecule has 0 aliphatic carbocycles. The molecule has 0 amide bonds. The molecule has 1 heterocycles. The van der Waals surface area contributed by atoms with Crippen molar-refractivity contribution in [1.82, 2.24) is 5.43 Å². The van der Waals surface area contributed by atoms with Crippen molar-refractivity contribution in [1.29, 1.82) is 0 Å². The summed E-state index contributed by atoms with van der Waals surface area (Å²) < 4.78 is 15.6. The summed E-state index contributed by atoms with van der Waals surface area (Å²) in [6.07, 6.45) is 0. The Bertz CT molecular complexity index is 576. The van der Waals surface area contributed by atoms with E-state index < -0.39 is 11.9 Å². The summed E-state index contributed by atoms with van der Waals surface area (Å²) in [6.45, 7) is 0. The van der Waals surface area contributed by atoms with Gasteiger partial charge >= 0.3 is 0 Å². The fourth-order valence-corrected chi connectivity index (χ4v) is 3.57. The van der Waals surface area contributed by atoms with Crippen molar-refractivity contribution >= 4 is 54.8 Å². The number of benzene rings is 1. The Morgan fingerprint density at radius 3 is 2.67 bits per heavy atom. The van der Waals surface area contributed by atoms with Crippen molar-refractivity contribution in [2.24, 2.45) is 5.84 Å². The van der Waals surface area contributed by atoms with Crippen LogP contribution in [0.15, 0.2) is 32.5 Å². The second-order valence-corrected chi connectivity index (χ2v) is 6.62. The van der Waals surface area contributed by atoms with E-state index in [1.807, 2.05) is 11.4 Å². The van der Waals surface area contributed by atoms with Gasteiger partial charge < -0.3 is 0 Å². The number of hydrazine groups is 1. The van der Waals surface area contributed by atoms with Gasteiger partial charge in [-0.05, 0) is 44.0 Å². The molecule has 1 unspecified atom stereocenters. The van der Waals surface area contributed by atoms with Gasteiger partial charge in [-0.2, -0.15) is 0 Å². The number of halogens is 4. The van der Waals surface area contributed by atoms with Crippen LogP contribution in [-0.2, 0) is 0 Å². The minimum absolute atomic E-state index is 0.0587. The van der Waals surface area contributed by atoms with Crippen LogP contribution in [0.5, 0.6) is 0 Å². The Balaban J connectivity index is 2.49. The van der Waals surface area contributed by atoms with Crippen LogP contribution >= 0.6 is 54.8 Å². The topological polar surface area (TPSA) is 38.0 Å². The Morgan fingerprint density at radius 2 is 2.11 bits per heavy atom. The van der Waals surface area contributed by atoms with Crippen LogP contribution < -0.4 is 11.3 Å². The summed E-state index contributed by atoms with van der Waals surface area (Å²) in [5.41, 5.74) is 3.03. The summed E-state index contributed by atoms with van der Waals surface area (Å²) in [5.74, 6) is 5.05. The van der Waals surface area contributed by atoms with Gasteiger partial charge in [-0.15, -0.1) is 11.3 Å². The molecule has 2 nitrogen and oxygen atoms in total. The molecule has 1 aromatic heterocycles. The molecule has 1 aromatic carbocycles. The predicted octanol–water partition coefficient (Wildman–Crippen LogP) is 4.62. The minimum Gasteiger partial charge on any atom is -0.271 e. The first kappa shape index (κ1) is 14.4. The summed E-state index contributed by atoms with van der Waals surface area (Å²) in [4.78, 5) is 0.904. The van der Waals surface area contributed by atoms with E-state index in [1.165, 1.54) is 11.3 Å². The van der Waals surface area contributed by atoms with Crippen LogP contribution in [0, 0.1) is 5.82 Å². The lowest BCUT2D eigenvalue weighted by molar-refractivity contribution is 0.564. The number of hydrogen-bond donors (Lipinski definition) is 2. The average Bonchev–Trinajstić information content (AvgIpc) is 2.77. The molecule has 96 valence electrons. The van der Waals surface area contributed by atoms with Gasteiger partial charge in [0.2, 0.25) is 0 Å². The van der Waals surface area contributed by atoms with E-state index in [-0.39, 0.29) is 5.02 Å². The third-order valence-electron chi connectivity index (χ3n) is 2.41. The second-order valence-electron chi connectivity index (χ2n) is 3.53. The molecule has 0 saturated carbocycles. The molecule has 1 atom stereocenters. The SMILES string of the molecule is NNC(c1cc(Br)cs1)c1ccc(Br)c(Cl)c1F. The Morgan fingerprint density at radius 1 is 1.39 bits per heavy atom. The molecule has 3 N–H and O–H groups in total.